The Balaban J connectivity index is 1.28. The van der Waals surface area contributed by atoms with E-state index in [4.69, 9.17) is 23.2 Å². The Kier molecular flexibility index (Phi) is 5.95. The van der Waals surface area contributed by atoms with Crippen molar-refractivity contribution in [1.29, 1.82) is 0 Å². The predicted octanol–water partition coefficient (Wildman–Crippen LogP) is 4.87. The van der Waals surface area contributed by atoms with Crippen molar-refractivity contribution in [1.82, 2.24) is 24.6 Å². The highest BCUT2D eigenvalue weighted by atomic mass is 35.5. The van der Waals surface area contributed by atoms with E-state index in [0.29, 0.717) is 16.0 Å². The molecule has 0 spiro atoms. The SMILES string of the molecule is CC(c1c(Cl)cc(Cl)cc1N1CC([C@@H]2CCCN(Cc3cnc[nH]3)C2)C1)n1cccn1. The fourth-order valence-corrected chi connectivity index (χ4v) is 5.77. The zero-order valence-electron chi connectivity index (χ0n) is 17.7. The fourth-order valence-electron chi connectivity index (χ4n) is 5.13. The van der Waals surface area contributed by atoms with Gasteiger partial charge >= 0.3 is 0 Å². The first-order valence-electron chi connectivity index (χ1n) is 11.0. The third-order valence-corrected chi connectivity index (χ3v) is 7.35. The monoisotopic (exact) mass is 458 g/mol. The van der Waals surface area contributed by atoms with Gasteiger partial charge < -0.3 is 9.88 Å². The first-order valence-corrected chi connectivity index (χ1v) is 11.8. The summed E-state index contributed by atoms with van der Waals surface area (Å²) in [5.74, 6) is 1.43. The molecule has 0 amide bonds. The van der Waals surface area contributed by atoms with E-state index < -0.39 is 0 Å². The second-order valence-corrected chi connectivity index (χ2v) is 9.71. The summed E-state index contributed by atoms with van der Waals surface area (Å²) in [6.45, 7) is 7.53. The lowest BCUT2D eigenvalue weighted by atomic mass is 9.80. The summed E-state index contributed by atoms with van der Waals surface area (Å²) in [4.78, 5) is 12.4. The number of halogens is 2. The molecule has 1 N–H and O–H groups in total. The normalized spacial score (nSPS) is 21.3. The Morgan fingerprint density at radius 2 is 2.06 bits per heavy atom. The van der Waals surface area contributed by atoms with Crippen molar-refractivity contribution in [2.24, 2.45) is 11.8 Å². The Hall–Kier alpha value is -2.02. The number of H-pyrrole nitrogens is 1. The second-order valence-electron chi connectivity index (χ2n) is 8.86. The number of rotatable bonds is 6. The van der Waals surface area contributed by atoms with E-state index in [9.17, 15) is 0 Å². The average Bonchev–Trinajstić information content (AvgIpc) is 3.41. The summed E-state index contributed by atoms with van der Waals surface area (Å²) in [5, 5.41) is 5.81. The Morgan fingerprint density at radius 1 is 1.19 bits per heavy atom. The van der Waals surface area contributed by atoms with Crippen LogP contribution < -0.4 is 4.90 Å². The number of likely N-dealkylation sites (tertiary alicyclic amines) is 1. The molecule has 2 aromatic heterocycles. The molecule has 6 nitrogen and oxygen atoms in total. The van der Waals surface area contributed by atoms with Gasteiger partial charge in [0.1, 0.15) is 0 Å². The summed E-state index contributed by atoms with van der Waals surface area (Å²) in [6.07, 6.45) is 10.1. The van der Waals surface area contributed by atoms with E-state index in [0.717, 1.165) is 43.3 Å². The predicted molar refractivity (Wildman–Crippen MR) is 125 cm³/mol. The number of aromatic nitrogens is 4. The molecule has 164 valence electrons. The van der Waals surface area contributed by atoms with Gasteiger partial charge in [-0.1, -0.05) is 23.2 Å². The molecule has 2 saturated heterocycles. The van der Waals surface area contributed by atoms with Crippen molar-refractivity contribution < 1.29 is 0 Å². The minimum absolute atomic E-state index is 0.0494. The highest BCUT2D eigenvalue weighted by molar-refractivity contribution is 6.35. The highest BCUT2D eigenvalue weighted by Crippen LogP contribution is 2.42. The maximum Gasteiger partial charge on any atom is 0.0922 e. The number of hydrogen-bond acceptors (Lipinski definition) is 4. The first-order chi connectivity index (χ1) is 15.1. The van der Waals surface area contributed by atoms with Crippen LogP contribution in [0.2, 0.25) is 10.0 Å². The number of piperidine rings is 1. The van der Waals surface area contributed by atoms with Crippen molar-refractivity contribution in [2.45, 2.75) is 32.4 Å². The molecule has 4 heterocycles. The molecular weight excluding hydrogens is 431 g/mol. The number of nitrogens with zero attached hydrogens (tertiary/aromatic N) is 5. The molecule has 2 aliphatic heterocycles. The number of benzene rings is 1. The molecule has 5 rings (SSSR count). The third-order valence-electron chi connectivity index (χ3n) is 6.82. The molecule has 0 bridgehead atoms. The van der Waals surface area contributed by atoms with E-state index in [1.807, 2.05) is 29.2 Å². The van der Waals surface area contributed by atoms with Crippen molar-refractivity contribution in [3.05, 3.63) is 64.4 Å². The first kappa shape index (κ1) is 20.9. The van der Waals surface area contributed by atoms with E-state index in [1.165, 1.54) is 25.1 Å². The Bertz CT molecular complexity index is 998. The lowest BCUT2D eigenvalue weighted by Crippen LogP contribution is -2.53. The molecule has 2 fully saturated rings. The van der Waals surface area contributed by atoms with Crippen LogP contribution in [-0.4, -0.2) is 50.8 Å². The van der Waals surface area contributed by atoms with Crippen LogP contribution >= 0.6 is 23.2 Å². The molecule has 0 aliphatic carbocycles. The van der Waals surface area contributed by atoms with Gasteiger partial charge in [-0.25, -0.2) is 4.98 Å². The molecular formula is C23H28Cl2N6. The molecule has 31 heavy (non-hydrogen) atoms. The van der Waals surface area contributed by atoms with Gasteiger partial charge in [0.2, 0.25) is 0 Å². The van der Waals surface area contributed by atoms with E-state index in [1.54, 1.807) is 12.5 Å². The van der Waals surface area contributed by atoms with E-state index in [2.05, 4.69) is 37.9 Å². The second kappa shape index (κ2) is 8.85. The van der Waals surface area contributed by atoms with Gasteiger partial charge in [0.25, 0.3) is 0 Å². The lowest BCUT2D eigenvalue weighted by molar-refractivity contribution is 0.113. The van der Waals surface area contributed by atoms with Crippen LogP contribution in [0.15, 0.2) is 43.1 Å². The molecule has 3 aromatic rings. The number of nitrogens with one attached hydrogen (secondary N) is 1. The molecule has 0 saturated carbocycles. The van der Waals surface area contributed by atoms with Crippen LogP contribution in [0, 0.1) is 11.8 Å². The van der Waals surface area contributed by atoms with Crippen LogP contribution in [0.25, 0.3) is 0 Å². The molecule has 1 unspecified atom stereocenters. The van der Waals surface area contributed by atoms with Crippen molar-refractivity contribution in [3.63, 3.8) is 0 Å². The van der Waals surface area contributed by atoms with E-state index >= 15 is 0 Å². The average molecular weight is 459 g/mol. The lowest BCUT2D eigenvalue weighted by Gasteiger charge is -2.48. The summed E-state index contributed by atoms with van der Waals surface area (Å²) < 4.78 is 1.95. The van der Waals surface area contributed by atoms with Crippen LogP contribution in [-0.2, 0) is 6.54 Å². The number of hydrogen-bond donors (Lipinski definition) is 1. The fraction of sp³-hybridized carbons (Fsp3) is 0.478. The van der Waals surface area contributed by atoms with Crippen LogP contribution in [0.3, 0.4) is 0 Å². The summed E-state index contributed by atoms with van der Waals surface area (Å²) in [5.41, 5.74) is 3.43. The highest BCUT2D eigenvalue weighted by Gasteiger charge is 2.37. The molecule has 0 radical (unpaired) electrons. The molecule has 1 aromatic carbocycles. The smallest absolute Gasteiger partial charge is 0.0922 e. The quantitative estimate of drug-likeness (QED) is 0.572. The summed E-state index contributed by atoms with van der Waals surface area (Å²) in [6, 6.07) is 5.89. The van der Waals surface area contributed by atoms with Gasteiger partial charge in [-0.05, 0) is 56.3 Å². The van der Waals surface area contributed by atoms with Crippen molar-refractivity contribution >= 4 is 28.9 Å². The van der Waals surface area contributed by atoms with Gasteiger partial charge in [-0.15, -0.1) is 0 Å². The number of imidazole rings is 1. The Morgan fingerprint density at radius 3 is 2.81 bits per heavy atom. The van der Waals surface area contributed by atoms with Gasteiger partial charge in [0, 0.05) is 71.8 Å². The largest absolute Gasteiger partial charge is 0.370 e. The van der Waals surface area contributed by atoms with Crippen LogP contribution in [0.5, 0.6) is 0 Å². The van der Waals surface area contributed by atoms with E-state index in [-0.39, 0.29) is 6.04 Å². The van der Waals surface area contributed by atoms with Gasteiger partial charge in [0.05, 0.1) is 12.4 Å². The molecule has 8 heteroatoms. The third kappa shape index (κ3) is 4.34. The molecule has 2 aliphatic rings. The minimum atomic E-state index is 0.0494. The zero-order chi connectivity index (χ0) is 21.4. The summed E-state index contributed by atoms with van der Waals surface area (Å²) in [7, 11) is 0. The van der Waals surface area contributed by atoms with Gasteiger partial charge in [-0.2, -0.15) is 5.10 Å². The van der Waals surface area contributed by atoms with Crippen molar-refractivity contribution in [3.8, 4) is 0 Å². The maximum absolute atomic E-state index is 6.68. The zero-order valence-corrected chi connectivity index (χ0v) is 19.2. The van der Waals surface area contributed by atoms with Crippen LogP contribution in [0.4, 0.5) is 5.69 Å². The topological polar surface area (TPSA) is 53.0 Å². The molecule has 2 atom stereocenters. The maximum atomic E-state index is 6.68. The number of aromatic amines is 1. The minimum Gasteiger partial charge on any atom is -0.370 e. The standard InChI is InChI=1S/C23H28Cl2N6/c1-16(31-7-3-5-28-31)23-21(25)8-19(24)9-22(23)30-12-18(13-30)17-4-2-6-29(11-17)14-20-10-26-15-27-20/h3,5,7-10,15-18H,2,4,6,11-14H2,1H3,(H,26,27)/t16?,17-/m1/s1. The van der Waals surface area contributed by atoms with Gasteiger partial charge in [0.15, 0.2) is 0 Å². The number of anilines is 1. The Labute approximate surface area is 193 Å². The van der Waals surface area contributed by atoms with Crippen molar-refractivity contribution in [2.75, 3.05) is 31.1 Å². The van der Waals surface area contributed by atoms with Crippen LogP contribution in [0.1, 0.15) is 37.1 Å². The van der Waals surface area contributed by atoms with Gasteiger partial charge in [-0.3, -0.25) is 9.58 Å². The summed E-state index contributed by atoms with van der Waals surface area (Å²) >= 11 is 13.1.